The molecule has 2 N–H and O–H groups in total. The number of aromatic nitrogens is 3. The van der Waals surface area contributed by atoms with Gasteiger partial charge in [0, 0.05) is 23.0 Å². The van der Waals surface area contributed by atoms with Crippen LogP contribution in [0.1, 0.15) is 53.9 Å². The van der Waals surface area contributed by atoms with Gasteiger partial charge in [0.25, 0.3) is 0 Å². The third kappa shape index (κ3) is 3.21. The smallest absolute Gasteiger partial charge is 0.336 e. The Hall–Kier alpha value is -4.19. The Morgan fingerprint density at radius 3 is 2.40 bits per heavy atom. The number of methoxy groups -OCH3 is 1. The predicted molar refractivity (Wildman–Crippen MR) is 137 cm³/mol. The molecule has 0 aliphatic carbocycles. The van der Waals surface area contributed by atoms with Crippen LogP contribution < -0.4 is 10.4 Å². The highest BCUT2D eigenvalue weighted by Gasteiger charge is 2.35. The van der Waals surface area contributed by atoms with Gasteiger partial charge in [-0.3, -0.25) is 4.57 Å². The maximum atomic E-state index is 13.9. The van der Waals surface area contributed by atoms with Crippen molar-refractivity contribution in [1.29, 1.82) is 0 Å². The summed E-state index contributed by atoms with van der Waals surface area (Å²) < 4.78 is 8.50. The Bertz CT molecular complexity index is 1600. The van der Waals surface area contributed by atoms with E-state index in [1.54, 1.807) is 11.7 Å². The molecule has 6 rings (SSSR count). The standard InChI is InChI=1S/C29H27N3O3/c1-17(2)18-8-12-20(13-9-18)31-28(33)25-16-23-22-6-4-5-7-24(22)30-26(23)27(32(25)29(31)34)19-10-14-21(35-3)15-11-19/h4-15,17,27,30,33H,16H2,1-3H3. The molecule has 0 saturated heterocycles. The highest BCUT2D eigenvalue weighted by Crippen LogP contribution is 2.41. The molecule has 0 radical (unpaired) electrons. The van der Waals surface area contributed by atoms with E-state index in [-0.39, 0.29) is 11.6 Å². The van der Waals surface area contributed by atoms with E-state index in [1.807, 2.05) is 66.7 Å². The lowest BCUT2D eigenvalue weighted by Crippen LogP contribution is -2.32. The van der Waals surface area contributed by atoms with E-state index in [0.717, 1.165) is 33.5 Å². The highest BCUT2D eigenvalue weighted by atomic mass is 16.5. The summed E-state index contributed by atoms with van der Waals surface area (Å²) in [6, 6.07) is 23.3. The number of aromatic amines is 1. The second-order valence-corrected chi connectivity index (χ2v) is 9.42. The molecule has 1 unspecified atom stereocenters. The number of rotatable bonds is 4. The van der Waals surface area contributed by atoms with Crippen LogP contribution in [0, 0.1) is 0 Å². The summed E-state index contributed by atoms with van der Waals surface area (Å²) in [4.78, 5) is 17.5. The maximum absolute atomic E-state index is 13.9. The molecule has 0 saturated carbocycles. The zero-order valence-corrected chi connectivity index (χ0v) is 19.9. The van der Waals surface area contributed by atoms with Crippen molar-refractivity contribution >= 4 is 10.9 Å². The molecule has 0 amide bonds. The number of fused-ring (bicyclic) bond motifs is 4. The van der Waals surface area contributed by atoms with Crippen molar-refractivity contribution in [2.45, 2.75) is 32.2 Å². The summed E-state index contributed by atoms with van der Waals surface area (Å²) in [5.41, 5.74) is 6.21. The summed E-state index contributed by atoms with van der Waals surface area (Å²) in [5.74, 6) is 1.12. The molecular weight excluding hydrogens is 438 g/mol. The Morgan fingerprint density at radius 2 is 1.71 bits per heavy atom. The molecule has 5 aromatic rings. The van der Waals surface area contributed by atoms with Gasteiger partial charge in [-0.15, -0.1) is 0 Å². The summed E-state index contributed by atoms with van der Waals surface area (Å²) in [5, 5.41) is 12.5. The molecule has 6 nitrogen and oxygen atoms in total. The van der Waals surface area contributed by atoms with Gasteiger partial charge >= 0.3 is 5.69 Å². The fourth-order valence-electron chi connectivity index (χ4n) is 5.27. The van der Waals surface area contributed by atoms with Crippen LogP contribution in [-0.4, -0.2) is 26.3 Å². The summed E-state index contributed by atoms with van der Waals surface area (Å²) in [6.07, 6.45) is 0.462. The lowest BCUT2D eigenvalue weighted by molar-refractivity contribution is 0.414. The van der Waals surface area contributed by atoms with Crippen molar-refractivity contribution in [2.75, 3.05) is 7.11 Å². The lowest BCUT2D eigenvalue weighted by atomic mass is 9.93. The lowest BCUT2D eigenvalue weighted by Gasteiger charge is -2.26. The molecule has 0 bridgehead atoms. The fraction of sp³-hybridized carbons (Fsp3) is 0.207. The van der Waals surface area contributed by atoms with Gasteiger partial charge in [-0.1, -0.05) is 56.3 Å². The molecule has 3 aromatic carbocycles. The van der Waals surface area contributed by atoms with Gasteiger partial charge in [0.05, 0.1) is 18.5 Å². The van der Waals surface area contributed by atoms with Crippen molar-refractivity contribution in [3.8, 4) is 17.3 Å². The third-order valence-corrected chi connectivity index (χ3v) is 7.13. The molecule has 2 aromatic heterocycles. The van der Waals surface area contributed by atoms with Gasteiger partial charge in [0.2, 0.25) is 5.88 Å². The first-order chi connectivity index (χ1) is 17.0. The van der Waals surface area contributed by atoms with Crippen molar-refractivity contribution in [3.63, 3.8) is 0 Å². The molecule has 176 valence electrons. The monoisotopic (exact) mass is 465 g/mol. The first-order valence-corrected chi connectivity index (χ1v) is 11.9. The molecular formula is C29H27N3O3. The Kier molecular flexibility index (Phi) is 4.85. The highest BCUT2D eigenvalue weighted by molar-refractivity contribution is 5.86. The van der Waals surface area contributed by atoms with E-state index in [1.165, 1.54) is 10.1 Å². The summed E-state index contributed by atoms with van der Waals surface area (Å²) in [7, 11) is 1.64. The zero-order valence-electron chi connectivity index (χ0n) is 19.9. The Morgan fingerprint density at radius 1 is 1.00 bits per heavy atom. The largest absolute Gasteiger partial charge is 0.497 e. The molecule has 35 heavy (non-hydrogen) atoms. The number of benzene rings is 3. The van der Waals surface area contributed by atoms with Gasteiger partial charge in [-0.25, -0.2) is 9.36 Å². The van der Waals surface area contributed by atoms with Gasteiger partial charge in [0.15, 0.2) is 0 Å². The second kappa shape index (κ2) is 7.94. The second-order valence-electron chi connectivity index (χ2n) is 9.42. The fourth-order valence-corrected chi connectivity index (χ4v) is 5.27. The van der Waals surface area contributed by atoms with Crippen LogP contribution in [0.25, 0.3) is 16.6 Å². The zero-order chi connectivity index (χ0) is 24.3. The van der Waals surface area contributed by atoms with E-state index in [9.17, 15) is 9.90 Å². The van der Waals surface area contributed by atoms with Crippen molar-refractivity contribution in [1.82, 2.24) is 14.1 Å². The predicted octanol–water partition coefficient (Wildman–Crippen LogP) is 5.50. The van der Waals surface area contributed by atoms with Gasteiger partial charge in [-0.2, -0.15) is 0 Å². The summed E-state index contributed by atoms with van der Waals surface area (Å²) in [6.45, 7) is 4.26. The topological polar surface area (TPSA) is 72.2 Å². The number of aromatic hydroxyl groups is 1. The van der Waals surface area contributed by atoms with Crippen LogP contribution >= 0.6 is 0 Å². The third-order valence-electron chi connectivity index (χ3n) is 7.13. The van der Waals surface area contributed by atoms with E-state index >= 15 is 0 Å². The van der Waals surface area contributed by atoms with Crippen LogP contribution in [0.5, 0.6) is 11.6 Å². The molecule has 1 aliphatic heterocycles. The number of nitrogens with zero attached hydrogens (tertiary/aromatic N) is 2. The van der Waals surface area contributed by atoms with Crippen LogP contribution in [0.15, 0.2) is 77.6 Å². The van der Waals surface area contributed by atoms with Crippen LogP contribution in [0.4, 0.5) is 0 Å². The molecule has 1 atom stereocenters. The molecule has 6 heteroatoms. The first-order valence-electron chi connectivity index (χ1n) is 11.9. The van der Waals surface area contributed by atoms with E-state index in [4.69, 9.17) is 4.74 Å². The van der Waals surface area contributed by atoms with Gasteiger partial charge < -0.3 is 14.8 Å². The Labute approximate surface area is 203 Å². The number of nitrogens with one attached hydrogen (secondary N) is 1. The number of hydrogen-bond acceptors (Lipinski definition) is 3. The number of imidazole rings is 1. The SMILES string of the molecule is COc1ccc(C2c3[nH]c4ccccc4c3Cc3c(O)n(-c4ccc(C(C)C)cc4)c(=O)n32)cc1. The minimum Gasteiger partial charge on any atom is -0.497 e. The minimum absolute atomic E-state index is 0.0123. The van der Waals surface area contributed by atoms with Crippen LogP contribution in [-0.2, 0) is 6.42 Å². The molecule has 0 fully saturated rings. The van der Waals surface area contributed by atoms with Crippen molar-refractivity contribution in [3.05, 3.63) is 111 Å². The Balaban J connectivity index is 1.59. The number of hydrogen-bond donors (Lipinski definition) is 2. The maximum Gasteiger partial charge on any atom is 0.336 e. The summed E-state index contributed by atoms with van der Waals surface area (Å²) >= 11 is 0. The van der Waals surface area contributed by atoms with Crippen LogP contribution in [0.2, 0.25) is 0 Å². The molecule has 1 aliphatic rings. The van der Waals surface area contributed by atoms with E-state index in [2.05, 4.69) is 24.9 Å². The average Bonchev–Trinajstić information content (AvgIpc) is 3.37. The van der Waals surface area contributed by atoms with Gasteiger partial charge in [-0.05, 0) is 52.9 Å². The minimum atomic E-state index is -0.401. The van der Waals surface area contributed by atoms with Gasteiger partial charge in [0.1, 0.15) is 11.8 Å². The van der Waals surface area contributed by atoms with Crippen molar-refractivity contribution in [2.24, 2.45) is 0 Å². The normalized spacial score (nSPS) is 14.8. The number of H-pyrrole nitrogens is 1. The molecule has 3 heterocycles. The number of ether oxygens (including phenoxy) is 1. The number of para-hydroxylation sites is 1. The quantitative estimate of drug-likeness (QED) is 0.361. The average molecular weight is 466 g/mol. The first kappa shape index (κ1) is 21.4. The van der Waals surface area contributed by atoms with Crippen LogP contribution in [0.3, 0.4) is 0 Å². The molecule has 0 spiro atoms. The van der Waals surface area contributed by atoms with E-state index in [0.29, 0.717) is 23.7 Å². The van der Waals surface area contributed by atoms with E-state index < -0.39 is 6.04 Å². The van der Waals surface area contributed by atoms with Crippen molar-refractivity contribution < 1.29 is 9.84 Å².